The number of rotatable bonds is 4. The second-order valence-electron chi connectivity index (χ2n) is 5.75. The van der Waals surface area contributed by atoms with E-state index in [1.165, 1.54) is 19.3 Å². The lowest BCUT2D eigenvalue weighted by Gasteiger charge is -2.19. The third kappa shape index (κ3) is 3.15. The molecule has 2 amide bonds. The summed E-state index contributed by atoms with van der Waals surface area (Å²) in [5.74, 6) is 0.570. The monoisotopic (exact) mass is 254 g/mol. The standard InChI is InChI=1S/C13H22N2O3/c1-9(5-12(16)17)6-14-13(18)15-7-10-3-2-4-11(10)8-15/h9-11H,2-8H2,1H3,(H,14,18)(H,16,17). The number of carboxylic acid groups (broad SMARTS) is 1. The van der Waals surface area contributed by atoms with E-state index in [2.05, 4.69) is 5.32 Å². The fourth-order valence-electron chi connectivity index (χ4n) is 3.14. The largest absolute Gasteiger partial charge is 0.481 e. The number of nitrogens with zero attached hydrogens (tertiary/aromatic N) is 1. The summed E-state index contributed by atoms with van der Waals surface area (Å²) in [5.41, 5.74) is 0. The summed E-state index contributed by atoms with van der Waals surface area (Å²) < 4.78 is 0. The Kier molecular flexibility index (Phi) is 4.09. The van der Waals surface area contributed by atoms with Gasteiger partial charge in [0.2, 0.25) is 0 Å². The number of aliphatic carboxylic acids is 1. The molecule has 5 heteroatoms. The van der Waals surface area contributed by atoms with Crippen LogP contribution in [0.15, 0.2) is 0 Å². The lowest BCUT2D eigenvalue weighted by Crippen LogP contribution is -2.40. The molecule has 1 heterocycles. The lowest BCUT2D eigenvalue weighted by atomic mass is 10.0. The van der Waals surface area contributed by atoms with E-state index in [9.17, 15) is 9.59 Å². The van der Waals surface area contributed by atoms with Crippen LogP contribution in [0, 0.1) is 17.8 Å². The number of carbonyl (C=O) groups is 2. The molecule has 0 radical (unpaired) electrons. The predicted octanol–water partition coefficient (Wildman–Crippen LogP) is 1.54. The molecule has 0 aromatic heterocycles. The molecule has 18 heavy (non-hydrogen) atoms. The molecule has 3 atom stereocenters. The zero-order valence-electron chi connectivity index (χ0n) is 10.9. The van der Waals surface area contributed by atoms with Gasteiger partial charge in [-0.25, -0.2) is 4.79 Å². The minimum Gasteiger partial charge on any atom is -0.481 e. The van der Waals surface area contributed by atoms with Gasteiger partial charge in [-0.05, 0) is 30.6 Å². The molecule has 2 rings (SSSR count). The van der Waals surface area contributed by atoms with Crippen LogP contribution in [0.1, 0.15) is 32.6 Å². The van der Waals surface area contributed by atoms with E-state index in [0.29, 0.717) is 18.4 Å². The SMILES string of the molecule is CC(CNC(=O)N1CC2CCCC2C1)CC(=O)O. The quantitative estimate of drug-likeness (QED) is 0.799. The van der Waals surface area contributed by atoms with Crippen LogP contribution >= 0.6 is 0 Å². The van der Waals surface area contributed by atoms with Crippen LogP contribution in [0.5, 0.6) is 0 Å². The van der Waals surface area contributed by atoms with Gasteiger partial charge in [-0.1, -0.05) is 13.3 Å². The first-order valence-electron chi connectivity index (χ1n) is 6.81. The van der Waals surface area contributed by atoms with Crippen molar-refractivity contribution in [3.05, 3.63) is 0 Å². The highest BCUT2D eigenvalue weighted by Gasteiger charge is 2.37. The number of hydrogen-bond donors (Lipinski definition) is 2. The van der Waals surface area contributed by atoms with Crippen LogP contribution in [0.4, 0.5) is 4.79 Å². The van der Waals surface area contributed by atoms with Gasteiger partial charge in [0.05, 0.1) is 0 Å². The minimum absolute atomic E-state index is 0.0199. The molecule has 0 aromatic rings. The maximum atomic E-state index is 11.9. The third-order valence-corrected chi connectivity index (χ3v) is 4.14. The number of hydrogen-bond acceptors (Lipinski definition) is 2. The van der Waals surface area contributed by atoms with Gasteiger partial charge in [-0.3, -0.25) is 4.79 Å². The molecule has 1 saturated carbocycles. The molecule has 2 aliphatic rings. The molecule has 102 valence electrons. The number of likely N-dealkylation sites (tertiary alicyclic amines) is 1. The van der Waals surface area contributed by atoms with Crippen LogP contribution in [0.2, 0.25) is 0 Å². The molecule has 5 nitrogen and oxygen atoms in total. The minimum atomic E-state index is -0.813. The van der Waals surface area contributed by atoms with Crippen molar-refractivity contribution < 1.29 is 14.7 Å². The Morgan fingerprint density at radius 1 is 1.33 bits per heavy atom. The van der Waals surface area contributed by atoms with Crippen molar-refractivity contribution >= 4 is 12.0 Å². The summed E-state index contributed by atoms with van der Waals surface area (Å²) in [6, 6.07) is -0.0263. The predicted molar refractivity (Wildman–Crippen MR) is 67.2 cm³/mol. The van der Waals surface area contributed by atoms with Gasteiger partial charge in [0.1, 0.15) is 0 Å². The van der Waals surface area contributed by atoms with E-state index in [-0.39, 0.29) is 18.4 Å². The second-order valence-corrected chi connectivity index (χ2v) is 5.75. The zero-order chi connectivity index (χ0) is 13.1. The average Bonchev–Trinajstić information content (AvgIpc) is 2.84. The normalized spacial score (nSPS) is 27.9. The van der Waals surface area contributed by atoms with E-state index >= 15 is 0 Å². The highest BCUT2D eigenvalue weighted by molar-refractivity contribution is 5.74. The first kappa shape index (κ1) is 13.2. The van der Waals surface area contributed by atoms with Crippen molar-refractivity contribution in [1.29, 1.82) is 0 Å². The second kappa shape index (κ2) is 5.59. The Morgan fingerprint density at radius 3 is 2.50 bits per heavy atom. The average molecular weight is 254 g/mol. The summed E-state index contributed by atoms with van der Waals surface area (Å²) in [5, 5.41) is 11.5. The van der Waals surface area contributed by atoms with E-state index in [1.54, 1.807) is 0 Å². The van der Waals surface area contributed by atoms with Crippen molar-refractivity contribution in [1.82, 2.24) is 10.2 Å². The highest BCUT2D eigenvalue weighted by atomic mass is 16.4. The van der Waals surface area contributed by atoms with Crippen molar-refractivity contribution in [2.24, 2.45) is 17.8 Å². The summed E-state index contributed by atoms with van der Waals surface area (Å²) in [6.45, 7) is 4.04. The number of urea groups is 1. The highest BCUT2D eigenvalue weighted by Crippen LogP contribution is 2.37. The van der Waals surface area contributed by atoms with E-state index in [4.69, 9.17) is 5.11 Å². The Bertz CT molecular complexity index is 320. The number of carboxylic acids is 1. The van der Waals surface area contributed by atoms with Gasteiger partial charge in [-0.15, -0.1) is 0 Å². The molecule has 1 aliphatic heterocycles. The Balaban J connectivity index is 1.71. The lowest BCUT2D eigenvalue weighted by molar-refractivity contribution is -0.137. The summed E-state index contributed by atoms with van der Waals surface area (Å²) in [4.78, 5) is 24.3. The van der Waals surface area contributed by atoms with Gasteiger partial charge in [0.15, 0.2) is 0 Å². The van der Waals surface area contributed by atoms with E-state index in [0.717, 1.165) is 13.1 Å². The maximum Gasteiger partial charge on any atom is 0.317 e. The van der Waals surface area contributed by atoms with Crippen LogP contribution in [-0.4, -0.2) is 41.6 Å². The van der Waals surface area contributed by atoms with Crippen LogP contribution in [0.25, 0.3) is 0 Å². The molecule has 0 bridgehead atoms. The van der Waals surface area contributed by atoms with Crippen molar-refractivity contribution in [2.45, 2.75) is 32.6 Å². The van der Waals surface area contributed by atoms with E-state index < -0.39 is 5.97 Å². The van der Waals surface area contributed by atoms with Crippen LogP contribution < -0.4 is 5.32 Å². The summed E-state index contributed by atoms with van der Waals surface area (Å²) in [7, 11) is 0. The number of nitrogens with one attached hydrogen (secondary N) is 1. The summed E-state index contributed by atoms with van der Waals surface area (Å²) in [6.07, 6.45) is 3.92. The van der Waals surface area contributed by atoms with Crippen molar-refractivity contribution in [3.8, 4) is 0 Å². The first-order chi connectivity index (χ1) is 8.56. The smallest absolute Gasteiger partial charge is 0.317 e. The molecular formula is C13H22N2O3. The fourth-order valence-corrected chi connectivity index (χ4v) is 3.14. The van der Waals surface area contributed by atoms with Crippen molar-refractivity contribution in [3.63, 3.8) is 0 Å². The Labute approximate surface area is 108 Å². The van der Waals surface area contributed by atoms with Gasteiger partial charge in [0, 0.05) is 26.1 Å². The molecular weight excluding hydrogens is 232 g/mol. The molecule has 2 N–H and O–H groups in total. The van der Waals surface area contributed by atoms with Gasteiger partial charge < -0.3 is 15.3 Å². The maximum absolute atomic E-state index is 11.9. The number of fused-ring (bicyclic) bond motifs is 1. The van der Waals surface area contributed by atoms with E-state index in [1.807, 2.05) is 11.8 Å². The van der Waals surface area contributed by atoms with Gasteiger partial charge >= 0.3 is 12.0 Å². The summed E-state index contributed by atoms with van der Waals surface area (Å²) >= 11 is 0. The topological polar surface area (TPSA) is 69.6 Å². The number of amides is 2. The van der Waals surface area contributed by atoms with Crippen LogP contribution in [-0.2, 0) is 4.79 Å². The molecule has 0 aromatic carbocycles. The molecule has 1 aliphatic carbocycles. The fraction of sp³-hybridized carbons (Fsp3) is 0.846. The van der Waals surface area contributed by atoms with Crippen molar-refractivity contribution in [2.75, 3.05) is 19.6 Å². The first-order valence-corrected chi connectivity index (χ1v) is 6.81. The van der Waals surface area contributed by atoms with Gasteiger partial charge in [0.25, 0.3) is 0 Å². The Morgan fingerprint density at radius 2 is 1.94 bits per heavy atom. The van der Waals surface area contributed by atoms with Gasteiger partial charge in [-0.2, -0.15) is 0 Å². The molecule has 2 fully saturated rings. The molecule has 3 unspecified atom stereocenters. The third-order valence-electron chi connectivity index (χ3n) is 4.14. The zero-order valence-corrected chi connectivity index (χ0v) is 10.9. The molecule has 0 spiro atoms. The molecule has 1 saturated heterocycles. The number of carbonyl (C=O) groups excluding carboxylic acids is 1. The Hall–Kier alpha value is -1.26. The van der Waals surface area contributed by atoms with Crippen LogP contribution in [0.3, 0.4) is 0 Å².